The van der Waals surface area contributed by atoms with Gasteiger partial charge >= 0.3 is 6.18 Å². The molecule has 0 bridgehead atoms. The molecule has 1 unspecified atom stereocenters. The Hall–Kier alpha value is -2.40. The van der Waals surface area contributed by atoms with Crippen LogP contribution in [0.4, 0.5) is 13.2 Å². The van der Waals surface area contributed by atoms with Crippen molar-refractivity contribution in [1.82, 2.24) is 0 Å². The summed E-state index contributed by atoms with van der Waals surface area (Å²) >= 11 is 0. The molecule has 0 saturated heterocycles. The lowest BCUT2D eigenvalue weighted by atomic mass is 9.83. The summed E-state index contributed by atoms with van der Waals surface area (Å²) in [6.07, 6.45) is -1.99. The largest absolute Gasteiger partial charge is 0.402 e. The van der Waals surface area contributed by atoms with Crippen LogP contribution in [0.1, 0.15) is 18.1 Å². The highest BCUT2D eigenvalue weighted by atomic mass is 32.2. The van der Waals surface area contributed by atoms with Gasteiger partial charge in [0.2, 0.25) is 0 Å². The average molecular weight is 355 g/mol. The SMILES string of the molecule is CC1=CC(=O)C(C(F)(F)F)C(c2ccc(C#N)cc2S(C)(=O)=O)=C1. The highest BCUT2D eigenvalue weighted by Crippen LogP contribution is 2.42. The van der Waals surface area contributed by atoms with E-state index in [-0.39, 0.29) is 11.1 Å². The molecule has 1 aliphatic rings. The number of nitriles is 1. The van der Waals surface area contributed by atoms with Crippen molar-refractivity contribution in [2.24, 2.45) is 5.92 Å². The molecule has 0 aliphatic heterocycles. The van der Waals surface area contributed by atoms with Crippen LogP contribution in [-0.4, -0.2) is 26.6 Å². The number of benzene rings is 1. The van der Waals surface area contributed by atoms with Crippen molar-refractivity contribution in [3.05, 3.63) is 47.1 Å². The van der Waals surface area contributed by atoms with Gasteiger partial charge in [0, 0.05) is 6.26 Å². The molecule has 0 spiro atoms. The smallest absolute Gasteiger partial charge is 0.294 e. The van der Waals surface area contributed by atoms with Crippen LogP contribution in [0.5, 0.6) is 0 Å². The fraction of sp³-hybridized carbons (Fsp3) is 0.250. The molecule has 4 nitrogen and oxygen atoms in total. The molecule has 8 heteroatoms. The Balaban J connectivity index is 2.80. The van der Waals surface area contributed by atoms with Crippen LogP contribution in [0, 0.1) is 17.2 Å². The van der Waals surface area contributed by atoms with Crippen LogP contribution >= 0.6 is 0 Å². The third kappa shape index (κ3) is 3.41. The highest BCUT2D eigenvalue weighted by Gasteiger charge is 2.48. The molecule has 0 N–H and O–H groups in total. The fourth-order valence-electron chi connectivity index (χ4n) is 2.54. The van der Waals surface area contributed by atoms with Crippen molar-refractivity contribution in [3.8, 4) is 6.07 Å². The standard InChI is InChI=1S/C16H12F3NO3S/c1-9-5-12(15(13(21)6-9)16(17,18)19)11-4-3-10(8-20)7-14(11)24(2,22)23/h3-7,15H,1-2H3. The van der Waals surface area contributed by atoms with E-state index in [9.17, 15) is 26.4 Å². The fourth-order valence-corrected chi connectivity index (χ4v) is 3.47. The summed E-state index contributed by atoms with van der Waals surface area (Å²) in [5, 5.41) is 8.89. The summed E-state index contributed by atoms with van der Waals surface area (Å²) < 4.78 is 63.9. The van der Waals surface area contributed by atoms with Crippen LogP contribution in [0.3, 0.4) is 0 Å². The van der Waals surface area contributed by atoms with E-state index in [1.807, 2.05) is 0 Å². The van der Waals surface area contributed by atoms with Gasteiger partial charge in [-0.25, -0.2) is 8.42 Å². The van der Waals surface area contributed by atoms with E-state index in [4.69, 9.17) is 5.26 Å². The molecule has 0 radical (unpaired) electrons. The van der Waals surface area contributed by atoms with Gasteiger partial charge in [-0.3, -0.25) is 4.79 Å². The zero-order chi connectivity index (χ0) is 18.3. The second-order valence-electron chi connectivity index (χ2n) is 5.46. The highest BCUT2D eigenvalue weighted by molar-refractivity contribution is 7.90. The van der Waals surface area contributed by atoms with Crippen LogP contribution in [-0.2, 0) is 14.6 Å². The van der Waals surface area contributed by atoms with E-state index in [0.29, 0.717) is 5.57 Å². The predicted octanol–water partition coefficient (Wildman–Crippen LogP) is 3.05. The van der Waals surface area contributed by atoms with Crippen LogP contribution in [0.15, 0.2) is 40.8 Å². The zero-order valence-corrected chi connectivity index (χ0v) is 13.5. The maximum absolute atomic E-state index is 13.3. The van der Waals surface area contributed by atoms with Crippen molar-refractivity contribution >= 4 is 21.2 Å². The molecule has 2 rings (SSSR count). The number of sulfone groups is 1. The lowest BCUT2D eigenvalue weighted by Gasteiger charge is -2.25. The quantitative estimate of drug-likeness (QED) is 0.817. The minimum atomic E-state index is -4.86. The average Bonchev–Trinajstić information content (AvgIpc) is 2.43. The lowest BCUT2D eigenvalue weighted by Crippen LogP contribution is -2.33. The minimum absolute atomic E-state index is 0.00210. The maximum Gasteiger partial charge on any atom is 0.402 e. The molecule has 1 atom stereocenters. The molecule has 0 amide bonds. The molecular weight excluding hydrogens is 343 g/mol. The first-order valence-corrected chi connectivity index (χ1v) is 8.59. The first-order valence-electron chi connectivity index (χ1n) is 6.70. The Labute approximate surface area is 136 Å². The number of rotatable bonds is 2. The van der Waals surface area contributed by atoms with Gasteiger partial charge in [0.15, 0.2) is 15.6 Å². The zero-order valence-electron chi connectivity index (χ0n) is 12.7. The van der Waals surface area contributed by atoms with Crippen molar-refractivity contribution in [3.63, 3.8) is 0 Å². The number of halogens is 3. The molecule has 1 aromatic rings. The number of hydrogen-bond donors (Lipinski definition) is 0. The van der Waals surface area contributed by atoms with Gasteiger partial charge in [-0.05, 0) is 41.8 Å². The molecule has 1 aromatic carbocycles. The van der Waals surface area contributed by atoms with Gasteiger partial charge in [0.05, 0.1) is 16.5 Å². The number of alkyl halides is 3. The Morgan fingerprint density at radius 1 is 1.21 bits per heavy atom. The van der Waals surface area contributed by atoms with Gasteiger partial charge < -0.3 is 0 Å². The van der Waals surface area contributed by atoms with Gasteiger partial charge in [0.25, 0.3) is 0 Å². The Morgan fingerprint density at radius 2 is 1.83 bits per heavy atom. The van der Waals surface area contributed by atoms with Crippen molar-refractivity contribution in [2.45, 2.75) is 18.0 Å². The molecule has 126 valence electrons. The Morgan fingerprint density at radius 3 is 2.33 bits per heavy atom. The van der Waals surface area contributed by atoms with Gasteiger partial charge in [-0.1, -0.05) is 12.1 Å². The monoisotopic (exact) mass is 355 g/mol. The van der Waals surface area contributed by atoms with E-state index < -0.39 is 38.2 Å². The summed E-state index contributed by atoms with van der Waals surface area (Å²) in [7, 11) is -3.91. The second-order valence-corrected chi connectivity index (χ2v) is 7.44. The van der Waals surface area contributed by atoms with Crippen molar-refractivity contribution in [1.29, 1.82) is 5.26 Å². The van der Waals surface area contributed by atoms with Crippen LogP contribution in [0.25, 0.3) is 5.57 Å². The maximum atomic E-state index is 13.3. The van der Waals surface area contributed by atoms with Crippen LogP contribution in [0.2, 0.25) is 0 Å². The first-order chi connectivity index (χ1) is 10.9. The van der Waals surface area contributed by atoms with E-state index in [1.54, 1.807) is 6.07 Å². The van der Waals surface area contributed by atoms with E-state index in [1.165, 1.54) is 13.0 Å². The number of carbonyl (C=O) groups is 1. The molecular formula is C16H12F3NO3S. The van der Waals surface area contributed by atoms with Crippen molar-refractivity contribution in [2.75, 3.05) is 6.26 Å². The number of carbonyl (C=O) groups excluding carboxylic acids is 1. The number of hydrogen-bond acceptors (Lipinski definition) is 4. The normalized spacial score (nSPS) is 18.7. The van der Waals surface area contributed by atoms with Crippen LogP contribution < -0.4 is 0 Å². The van der Waals surface area contributed by atoms with Gasteiger partial charge in [-0.2, -0.15) is 18.4 Å². The van der Waals surface area contributed by atoms with E-state index in [2.05, 4.69) is 0 Å². The Kier molecular flexibility index (Phi) is 4.42. The van der Waals surface area contributed by atoms with Gasteiger partial charge in [-0.15, -0.1) is 0 Å². The first kappa shape index (κ1) is 17.9. The minimum Gasteiger partial charge on any atom is -0.294 e. The summed E-state index contributed by atoms with van der Waals surface area (Å²) in [4.78, 5) is 11.5. The number of nitrogens with zero attached hydrogens (tertiary/aromatic N) is 1. The van der Waals surface area contributed by atoms with E-state index in [0.717, 1.165) is 30.5 Å². The predicted molar refractivity (Wildman–Crippen MR) is 80.6 cm³/mol. The summed E-state index contributed by atoms with van der Waals surface area (Å²) in [6.45, 7) is 1.45. The summed E-state index contributed by atoms with van der Waals surface area (Å²) in [5.41, 5.74) is -0.367. The number of ketones is 1. The summed E-state index contributed by atoms with van der Waals surface area (Å²) in [6, 6.07) is 5.10. The van der Waals surface area contributed by atoms with Gasteiger partial charge in [0.1, 0.15) is 5.92 Å². The molecule has 1 aliphatic carbocycles. The Bertz CT molecular complexity index is 919. The molecule has 0 aromatic heterocycles. The van der Waals surface area contributed by atoms with E-state index >= 15 is 0 Å². The summed E-state index contributed by atoms with van der Waals surface area (Å²) in [5.74, 6) is -3.59. The lowest BCUT2D eigenvalue weighted by molar-refractivity contribution is -0.166. The molecule has 0 fully saturated rings. The molecule has 24 heavy (non-hydrogen) atoms. The second kappa shape index (κ2) is 5.91. The molecule has 0 heterocycles. The third-order valence-electron chi connectivity index (χ3n) is 3.50. The number of allylic oxidation sites excluding steroid dienone is 4. The topological polar surface area (TPSA) is 75.0 Å². The third-order valence-corrected chi connectivity index (χ3v) is 4.63. The van der Waals surface area contributed by atoms with Crippen molar-refractivity contribution < 1.29 is 26.4 Å². The molecule has 0 saturated carbocycles.